The fourth-order valence-corrected chi connectivity index (χ4v) is 20.8. The molecule has 44 nitrogen and oxygen atoms in total. The van der Waals surface area contributed by atoms with Crippen LogP contribution in [0.15, 0.2) is 116 Å². The summed E-state index contributed by atoms with van der Waals surface area (Å²) in [5, 5.41) is 84.3. The van der Waals surface area contributed by atoms with Crippen LogP contribution in [-0.2, 0) is 134 Å². The number of nitrogens with zero attached hydrogens (tertiary/aromatic N) is 4. The largest absolute Gasteiger partial charge is 0.481 e. The smallest absolute Gasteiger partial charge is 0.335 e. The zero-order chi connectivity index (χ0) is 106. The summed E-state index contributed by atoms with van der Waals surface area (Å²) in [6, 6.07) is 7.01. The maximum atomic E-state index is 15.7. The number of para-hydroxylation sites is 2. The summed E-state index contributed by atoms with van der Waals surface area (Å²) < 4.78 is 0. The number of carboxylic acid groups (broad SMARTS) is 4. The molecule has 5 aromatic carbocycles. The molecule has 47 heteroatoms. The highest BCUT2D eigenvalue weighted by atomic mass is 32.2. The molecule has 2 saturated heterocycles. The number of carbonyl (C=O) groups is 20. The van der Waals surface area contributed by atoms with Gasteiger partial charge in [-0.15, -0.1) is 0 Å². The third kappa shape index (κ3) is 29.9. The number of thioether (sulfide) groups is 3. The predicted octanol–water partition coefficient (Wildman–Crippen LogP) is 0.645. The minimum absolute atomic E-state index is 0.0121. The van der Waals surface area contributed by atoms with Gasteiger partial charge in [0.25, 0.3) is 0 Å². The van der Waals surface area contributed by atoms with Gasteiger partial charge in [-0.2, -0.15) is 35.3 Å². The van der Waals surface area contributed by atoms with Gasteiger partial charge in [0.1, 0.15) is 66.5 Å². The minimum Gasteiger partial charge on any atom is -0.481 e. The molecule has 22 N–H and O–H groups in total. The van der Waals surface area contributed by atoms with Crippen LogP contribution < -0.4 is 70.0 Å². The molecule has 2 aromatic heterocycles. The van der Waals surface area contributed by atoms with E-state index in [2.05, 4.69) is 68.5 Å². The Hall–Kier alpha value is -14.4. The van der Waals surface area contributed by atoms with Crippen molar-refractivity contribution in [1.29, 1.82) is 0 Å². The number of aliphatic hydroxyl groups excluding tert-OH is 1. The van der Waals surface area contributed by atoms with E-state index in [1.807, 2.05) is 0 Å². The molecule has 780 valence electrons. The number of hydrogen-bond acceptors (Lipinski definition) is 25. The van der Waals surface area contributed by atoms with Crippen molar-refractivity contribution in [3.8, 4) is 0 Å². The van der Waals surface area contributed by atoms with Gasteiger partial charge in [-0.1, -0.05) is 82.3 Å². The summed E-state index contributed by atoms with van der Waals surface area (Å²) in [5.74, 6) is -24.3. The molecule has 7 heterocycles. The summed E-state index contributed by atoms with van der Waals surface area (Å²) in [5.41, 5.74) is 14.0. The lowest BCUT2D eigenvalue weighted by atomic mass is 9.97. The maximum absolute atomic E-state index is 15.7. The van der Waals surface area contributed by atoms with Gasteiger partial charge in [0.15, 0.2) is 0 Å². The Bertz CT molecular complexity index is 6150. The van der Waals surface area contributed by atoms with Crippen LogP contribution in [0.2, 0.25) is 0 Å². The van der Waals surface area contributed by atoms with E-state index in [1.165, 1.54) is 95.0 Å². The molecular weight excluding hydrogens is 1950 g/mol. The molecule has 5 aliphatic heterocycles. The van der Waals surface area contributed by atoms with Gasteiger partial charge < -0.3 is 125 Å². The second-order valence-electron chi connectivity index (χ2n) is 37.5. The van der Waals surface area contributed by atoms with Gasteiger partial charge >= 0.3 is 23.9 Å². The molecular formula is C99H121N19O25S3. The van der Waals surface area contributed by atoms with Crippen LogP contribution in [0, 0.1) is 11.8 Å². The molecule has 7 aromatic rings. The number of aliphatic hydroxyl groups is 1. The number of rotatable bonds is 14. The van der Waals surface area contributed by atoms with Crippen LogP contribution in [0.1, 0.15) is 168 Å². The lowest BCUT2D eigenvalue weighted by Crippen LogP contribution is -2.63. The zero-order valence-corrected chi connectivity index (χ0v) is 83.3. The highest BCUT2D eigenvalue weighted by Crippen LogP contribution is 2.30. The number of carbonyl (C=O) groups excluding carboxylic acids is 16. The number of hydrogen-bond donors (Lipinski definition) is 20. The van der Waals surface area contributed by atoms with Gasteiger partial charge in [0.05, 0.1) is 41.8 Å². The van der Waals surface area contributed by atoms with Crippen LogP contribution in [0.3, 0.4) is 0 Å². The molecule has 0 unspecified atom stereocenters. The Morgan fingerprint density at radius 1 is 0.452 bits per heavy atom. The van der Waals surface area contributed by atoms with E-state index in [0.29, 0.717) is 32.9 Å². The number of aromatic amines is 2. The Morgan fingerprint density at radius 3 is 1.36 bits per heavy atom. The summed E-state index contributed by atoms with van der Waals surface area (Å²) in [7, 11) is 0. The van der Waals surface area contributed by atoms with Crippen molar-refractivity contribution in [3.63, 3.8) is 0 Å². The molecule has 12 rings (SSSR count). The van der Waals surface area contributed by atoms with Crippen molar-refractivity contribution in [2.75, 3.05) is 47.6 Å². The van der Waals surface area contributed by atoms with Crippen LogP contribution in [-0.4, -0.2) is 300 Å². The fraction of sp³-hybridized carbons (Fsp3) is 0.455. The lowest BCUT2D eigenvalue weighted by molar-refractivity contribution is -0.143. The molecule has 0 aliphatic carbocycles. The number of primary amides is 1. The number of aliphatic carboxylic acids is 1. The summed E-state index contributed by atoms with van der Waals surface area (Å²) in [6.45, 7) is 3.95. The quantitative estimate of drug-likeness (QED) is 0.0710. The number of aromatic carboxylic acids is 3. The van der Waals surface area contributed by atoms with E-state index in [-0.39, 0.29) is 143 Å². The van der Waals surface area contributed by atoms with Gasteiger partial charge in [0, 0.05) is 147 Å². The summed E-state index contributed by atoms with van der Waals surface area (Å²) in [6.07, 6.45) is -1.58. The van der Waals surface area contributed by atoms with Gasteiger partial charge in [-0.05, 0) is 144 Å². The number of benzene rings is 5. The van der Waals surface area contributed by atoms with Gasteiger partial charge in [0.2, 0.25) is 94.5 Å². The minimum atomic E-state index is -2.00. The average Bonchev–Trinajstić information content (AvgIpc) is 1.32. The number of aromatic nitrogens is 2. The highest BCUT2D eigenvalue weighted by molar-refractivity contribution is 7.99. The van der Waals surface area contributed by atoms with Gasteiger partial charge in [-0.3, -0.25) is 81.5 Å². The fourth-order valence-electron chi connectivity index (χ4n) is 18.0. The molecule has 12 bridgehead atoms. The van der Waals surface area contributed by atoms with Crippen molar-refractivity contribution in [3.05, 3.63) is 177 Å². The Kier molecular flexibility index (Phi) is 38.4. The monoisotopic (exact) mass is 2070 g/mol. The van der Waals surface area contributed by atoms with E-state index in [4.69, 9.17) is 11.5 Å². The van der Waals surface area contributed by atoms with Crippen LogP contribution in [0.4, 0.5) is 0 Å². The molecule has 0 spiro atoms. The van der Waals surface area contributed by atoms with Crippen molar-refractivity contribution >= 4 is 175 Å². The number of nitrogens with one attached hydrogen (secondary N) is 13. The Labute approximate surface area is 850 Å². The highest BCUT2D eigenvalue weighted by Gasteiger charge is 2.44. The van der Waals surface area contributed by atoms with Crippen molar-refractivity contribution in [2.24, 2.45) is 23.3 Å². The van der Waals surface area contributed by atoms with E-state index >= 15 is 33.6 Å². The van der Waals surface area contributed by atoms with Crippen molar-refractivity contribution < 1.29 is 121 Å². The molecule has 0 radical (unpaired) electrons. The Morgan fingerprint density at radius 2 is 0.897 bits per heavy atom. The lowest BCUT2D eigenvalue weighted by Gasteiger charge is -2.32. The first-order valence-corrected chi connectivity index (χ1v) is 51.3. The molecule has 0 saturated carbocycles. The second-order valence-corrected chi connectivity index (χ2v) is 41.0. The number of carboxylic acids is 4. The van der Waals surface area contributed by atoms with Crippen LogP contribution >= 0.6 is 35.3 Å². The number of nitrogens with two attached hydrogens (primary N) is 2. The zero-order valence-electron chi connectivity index (χ0n) is 80.9. The summed E-state index contributed by atoms with van der Waals surface area (Å²) >= 11 is 2.86. The molecule has 2 fully saturated rings. The Balaban J connectivity index is 0.967. The van der Waals surface area contributed by atoms with E-state index < -0.39 is 273 Å². The van der Waals surface area contributed by atoms with E-state index in [9.17, 15) is 87.9 Å². The predicted molar refractivity (Wildman–Crippen MR) is 534 cm³/mol. The van der Waals surface area contributed by atoms with E-state index in [0.717, 1.165) is 35.3 Å². The number of amides is 16. The van der Waals surface area contributed by atoms with Crippen molar-refractivity contribution in [2.45, 2.75) is 223 Å². The summed E-state index contributed by atoms with van der Waals surface area (Å²) in [4.78, 5) is 302. The van der Waals surface area contributed by atoms with Crippen molar-refractivity contribution in [1.82, 2.24) is 88.1 Å². The average molecular weight is 2070 g/mol. The third-order valence-corrected chi connectivity index (χ3v) is 28.8. The van der Waals surface area contributed by atoms with E-state index in [1.54, 1.807) is 74.8 Å². The molecule has 16 amide bonds. The first kappa shape index (κ1) is 110. The first-order valence-electron chi connectivity index (χ1n) is 47.8. The number of H-pyrrole nitrogens is 2. The molecule has 13 atom stereocenters. The third-order valence-electron chi connectivity index (χ3n) is 25.6. The first-order chi connectivity index (χ1) is 69.5. The molecule has 146 heavy (non-hydrogen) atoms. The SMILES string of the molecule is CC(C)[C@@H]1NC(=O)[C@H](Cc2c[nH]c3ccccc23)NC(=O)[C@@H]2CSCCC(=O)N3Cc4cc(cc(C(=O)O)c4)CN(Cc4cc(cc(C(=O)O)c4)CN(Cc4cc(cc(C(=O)O)c4)C3)C(=O)CCSC[C@H](NC(=O)[C@@H](C)N)C(=O)N[C@@H]3C(=O)N[C@@H](CCC[C@H]3O)C(=O)N2)C(=O)CCSC[C@@H](C(N)=O)NC(=O)[C@@H]2CCCN2C(=O)[C@H](C(C)C)NC(=O)[C@H](Cc2c[nH]c3ccccc23)NC(=O)CNC(=O)[C@H](CC(=O)O)NC1=O. The van der Waals surface area contributed by atoms with Crippen LogP contribution in [0.5, 0.6) is 0 Å². The second kappa shape index (κ2) is 50.9. The van der Waals surface area contributed by atoms with Gasteiger partial charge in [-0.25, -0.2) is 14.4 Å². The number of fused-ring (bicyclic) bond motifs is 15. The topological polar surface area (TPSA) is 671 Å². The maximum Gasteiger partial charge on any atom is 0.335 e. The van der Waals surface area contributed by atoms with Crippen LogP contribution in [0.25, 0.3) is 21.8 Å². The standard InChI is InChI=1S/C99H121N19O25S3/c1-50(2)82-94(135)108-71(37-81(124)125)87(128)104-40-77(120)105-69(35-62-38-102-66-14-8-6-12-64(62)66)89(130)113-83(51(3)4)96(137)118-22-11-17-75(118)93(134)109-72(85(101)126)47-144-23-19-78(121)115-41-53-26-55(31-59(29-53)97(138)139)43-116-44-57-28-58(34-61(33-57)99(142)143)46-117(45-56-27-54(42-115)30-60(32-56)98(140)141)80(123)21-25-146-49-74(110-86(127)52(5)100)92(133)114-84-76(119)18-10-16-68(106-95(84)136)88(129)111-73(48-145-24-20-79(116)122)91(132)107-70(90(131)112-82)36-63-39-103-67-15-9-7-13-65(63)67/h6-9,12-15,26-34,38-39,50-52,68-76,82-84,102-103,119H,10-11,16-25,35-37,40-49,100H2,1-5H3,(H2,101,126)(H,104,128)(H,105,120)(H,106,136)(H,107,132)(H,108,135)(H,109,134)(H,110,127)(H,111,129)(H,112,131)(H,113,130)(H,114,133)(H,124,125)(H,138,139)(H,140,141)(H,142,143)/t52-,68+,69+,70+,71+,72+,73+,74+,75+,76-,82+,83+,84+/m1/s1. The normalized spacial score (nSPS) is 23.8. The molecule has 5 aliphatic rings.